The Morgan fingerprint density at radius 3 is 2.24 bits per heavy atom. The second-order valence-electron chi connectivity index (χ2n) is 6.82. The first-order valence-corrected chi connectivity index (χ1v) is 10.4. The molecule has 0 aliphatic rings. The number of hydroxylamine groups is 1. The average molecular weight is 413 g/mol. The minimum absolute atomic E-state index is 0.000349. The zero-order valence-corrected chi connectivity index (χ0v) is 17.1. The molecular weight excluding hydrogens is 390 g/mol. The molecule has 8 heteroatoms. The summed E-state index contributed by atoms with van der Waals surface area (Å²) in [6, 6.07) is 19.6. The smallest absolute Gasteiger partial charge is 0.258 e. The number of carbonyl (C=O) groups is 1. The van der Waals surface area contributed by atoms with E-state index in [1.54, 1.807) is 42.5 Å². The van der Waals surface area contributed by atoms with Gasteiger partial charge in [-0.3, -0.25) is 10.0 Å². The number of nitrogens with one attached hydrogen (secondary N) is 1. The Morgan fingerprint density at radius 1 is 0.931 bits per heavy atom. The topological polar surface area (TPSA) is 90.0 Å². The van der Waals surface area contributed by atoms with E-state index in [4.69, 9.17) is 5.21 Å². The van der Waals surface area contributed by atoms with Crippen LogP contribution in [0.1, 0.15) is 5.56 Å². The van der Waals surface area contributed by atoms with Crippen molar-refractivity contribution in [2.45, 2.75) is 11.4 Å². The Labute approximate surface area is 170 Å². The Balaban J connectivity index is 2.12. The van der Waals surface area contributed by atoms with Crippen LogP contribution in [0.5, 0.6) is 0 Å². The van der Waals surface area contributed by atoms with Gasteiger partial charge in [0.2, 0.25) is 10.0 Å². The van der Waals surface area contributed by atoms with Crippen LogP contribution in [0.3, 0.4) is 0 Å². The number of hydrogen-bond donors (Lipinski definition) is 2. The third kappa shape index (κ3) is 4.40. The third-order valence-electron chi connectivity index (χ3n) is 4.61. The molecule has 1 amide bonds. The Hall–Kier alpha value is -2.94. The van der Waals surface area contributed by atoms with E-state index >= 15 is 0 Å². The largest absolute Gasteiger partial charge is 0.377 e. The second kappa shape index (κ2) is 8.60. The van der Waals surface area contributed by atoms with Crippen LogP contribution in [-0.4, -0.2) is 44.5 Å². The van der Waals surface area contributed by atoms with E-state index < -0.39 is 22.5 Å². The van der Waals surface area contributed by atoms with Crippen LogP contribution in [0.4, 0.5) is 5.69 Å². The second-order valence-corrected chi connectivity index (χ2v) is 8.72. The quantitative estimate of drug-likeness (QED) is 0.459. The Kier molecular flexibility index (Phi) is 6.17. The molecule has 2 N–H and O–H groups in total. The minimum atomic E-state index is -4.03. The standard InChI is InChI=1S/C21H23N3O4S/c1-23(2)19-12-6-11-18-17(19)10-7-13-20(18)29(27,28)24(15-21(25)22-26)14-16-8-4-3-5-9-16/h3-13,26H,14-15H2,1-2H3,(H,22,25). The molecule has 0 unspecified atom stereocenters. The number of amides is 1. The van der Waals surface area contributed by atoms with Gasteiger partial charge in [-0.15, -0.1) is 0 Å². The van der Waals surface area contributed by atoms with Crippen molar-refractivity contribution in [3.8, 4) is 0 Å². The average Bonchev–Trinajstić information content (AvgIpc) is 2.72. The van der Waals surface area contributed by atoms with Crippen molar-refractivity contribution in [2.75, 3.05) is 25.5 Å². The molecule has 0 bridgehead atoms. The molecule has 0 spiro atoms. The summed E-state index contributed by atoms with van der Waals surface area (Å²) < 4.78 is 28.1. The molecule has 0 atom stereocenters. The number of fused-ring (bicyclic) bond motifs is 1. The molecule has 0 fully saturated rings. The van der Waals surface area contributed by atoms with Crippen molar-refractivity contribution in [1.29, 1.82) is 0 Å². The van der Waals surface area contributed by atoms with Crippen molar-refractivity contribution < 1.29 is 18.4 Å². The Bertz CT molecular complexity index is 1120. The number of carbonyl (C=O) groups excluding carboxylic acids is 1. The van der Waals surface area contributed by atoms with Crippen molar-refractivity contribution in [2.24, 2.45) is 0 Å². The van der Waals surface area contributed by atoms with Crippen LogP contribution < -0.4 is 10.4 Å². The van der Waals surface area contributed by atoms with Gasteiger partial charge in [-0.25, -0.2) is 13.9 Å². The fourth-order valence-corrected chi connectivity index (χ4v) is 4.82. The molecule has 0 aliphatic carbocycles. The highest BCUT2D eigenvalue weighted by Gasteiger charge is 2.28. The molecule has 7 nitrogen and oxygen atoms in total. The van der Waals surface area contributed by atoms with Gasteiger partial charge in [-0.2, -0.15) is 4.31 Å². The first-order valence-electron chi connectivity index (χ1n) is 9.00. The van der Waals surface area contributed by atoms with E-state index in [0.717, 1.165) is 20.9 Å². The zero-order valence-electron chi connectivity index (χ0n) is 16.2. The molecule has 3 aromatic rings. The molecule has 3 aromatic carbocycles. The normalized spacial score (nSPS) is 11.6. The summed E-state index contributed by atoms with van der Waals surface area (Å²) in [5.41, 5.74) is 3.14. The van der Waals surface area contributed by atoms with Crippen LogP contribution >= 0.6 is 0 Å². The maximum Gasteiger partial charge on any atom is 0.258 e. The third-order valence-corrected chi connectivity index (χ3v) is 6.45. The predicted octanol–water partition coefficient (Wildman–Crippen LogP) is 2.60. The van der Waals surface area contributed by atoms with Crippen LogP contribution in [0.15, 0.2) is 71.6 Å². The van der Waals surface area contributed by atoms with Gasteiger partial charge in [0.1, 0.15) is 0 Å². The summed E-state index contributed by atoms with van der Waals surface area (Å²) in [5.74, 6) is -0.807. The van der Waals surface area contributed by atoms with E-state index in [2.05, 4.69) is 0 Å². The highest BCUT2D eigenvalue weighted by Crippen LogP contribution is 2.32. The van der Waals surface area contributed by atoms with Gasteiger partial charge in [0.05, 0.1) is 11.4 Å². The van der Waals surface area contributed by atoms with E-state index in [1.165, 1.54) is 11.5 Å². The first kappa shape index (κ1) is 20.8. The van der Waals surface area contributed by atoms with E-state index in [1.807, 2.05) is 37.2 Å². The number of anilines is 1. The highest BCUT2D eigenvalue weighted by molar-refractivity contribution is 7.89. The van der Waals surface area contributed by atoms with E-state index in [-0.39, 0.29) is 11.4 Å². The predicted molar refractivity (Wildman–Crippen MR) is 112 cm³/mol. The van der Waals surface area contributed by atoms with E-state index in [9.17, 15) is 13.2 Å². The van der Waals surface area contributed by atoms with Gasteiger partial charge in [0.15, 0.2) is 0 Å². The fraction of sp³-hybridized carbons (Fsp3) is 0.190. The minimum Gasteiger partial charge on any atom is -0.377 e. The SMILES string of the molecule is CN(C)c1cccc2c(S(=O)(=O)N(CC(=O)NO)Cc3ccccc3)cccc12. The molecule has 29 heavy (non-hydrogen) atoms. The lowest BCUT2D eigenvalue weighted by atomic mass is 10.1. The molecule has 0 radical (unpaired) electrons. The van der Waals surface area contributed by atoms with Gasteiger partial charge in [0.25, 0.3) is 5.91 Å². The molecule has 0 aliphatic heterocycles. The van der Waals surface area contributed by atoms with E-state index in [0.29, 0.717) is 5.39 Å². The number of nitrogens with zero attached hydrogens (tertiary/aromatic N) is 2. The summed E-state index contributed by atoms with van der Waals surface area (Å²) in [6.07, 6.45) is 0. The lowest BCUT2D eigenvalue weighted by molar-refractivity contribution is -0.129. The molecule has 3 rings (SSSR count). The first-order chi connectivity index (χ1) is 13.8. The van der Waals surface area contributed by atoms with Crippen LogP contribution in [0.2, 0.25) is 0 Å². The lowest BCUT2D eigenvalue weighted by Crippen LogP contribution is -2.39. The van der Waals surface area contributed by atoms with Crippen LogP contribution in [0, 0.1) is 0 Å². The van der Waals surface area contributed by atoms with Crippen molar-refractivity contribution in [1.82, 2.24) is 9.79 Å². The van der Waals surface area contributed by atoms with Gasteiger partial charge in [-0.05, 0) is 17.7 Å². The van der Waals surface area contributed by atoms with Crippen molar-refractivity contribution in [3.05, 3.63) is 72.3 Å². The summed E-state index contributed by atoms with van der Waals surface area (Å²) >= 11 is 0. The molecule has 152 valence electrons. The summed E-state index contributed by atoms with van der Waals surface area (Å²) in [6.45, 7) is -0.502. The Morgan fingerprint density at radius 2 is 1.59 bits per heavy atom. The van der Waals surface area contributed by atoms with Gasteiger partial charge >= 0.3 is 0 Å². The number of hydrogen-bond acceptors (Lipinski definition) is 5. The van der Waals surface area contributed by atoms with Crippen molar-refractivity contribution in [3.63, 3.8) is 0 Å². The molecule has 0 saturated carbocycles. The van der Waals surface area contributed by atoms with Crippen molar-refractivity contribution >= 4 is 32.4 Å². The van der Waals surface area contributed by atoms with Crippen LogP contribution in [0.25, 0.3) is 10.8 Å². The monoisotopic (exact) mass is 413 g/mol. The van der Waals surface area contributed by atoms with Gasteiger partial charge in [0, 0.05) is 37.1 Å². The molecule has 0 aromatic heterocycles. The van der Waals surface area contributed by atoms with Crippen LogP contribution in [-0.2, 0) is 21.4 Å². The summed E-state index contributed by atoms with van der Waals surface area (Å²) in [4.78, 5) is 13.9. The number of benzene rings is 3. The molecule has 0 heterocycles. The lowest BCUT2D eigenvalue weighted by Gasteiger charge is -2.23. The molecule has 0 saturated heterocycles. The maximum absolute atomic E-state index is 13.5. The highest BCUT2D eigenvalue weighted by atomic mass is 32.2. The molecular formula is C21H23N3O4S. The van der Waals surface area contributed by atoms with Gasteiger partial charge in [-0.1, -0.05) is 54.6 Å². The zero-order chi connectivity index (χ0) is 21.0. The number of rotatable bonds is 7. The summed E-state index contributed by atoms with van der Waals surface area (Å²) in [5, 5.41) is 10.3. The number of sulfonamides is 1. The summed E-state index contributed by atoms with van der Waals surface area (Å²) in [7, 11) is -0.246. The maximum atomic E-state index is 13.5. The van der Waals surface area contributed by atoms with Gasteiger partial charge < -0.3 is 4.90 Å². The fourth-order valence-electron chi connectivity index (χ4n) is 3.23.